The average molecular weight is 469 g/mol. The van der Waals surface area contributed by atoms with Gasteiger partial charge in [-0.05, 0) is 44.8 Å². The summed E-state index contributed by atoms with van der Waals surface area (Å²) in [5.74, 6) is -0.189. The van der Waals surface area contributed by atoms with Crippen molar-refractivity contribution in [1.82, 2.24) is 30.7 Å². The molecule has 0 aliphatic carbocycles. The van der Waals surface area contributed by atoms with E-state index in [-0.39, 0.29) is 39.8 Å². The summed E-state index contributed by atoms with van der Waals surface area (Å²) in [6.45, 7) is 16.0. The Labute approximate surface area is 198 Å². The Morgan fingerprint density at radius 3 is 2.21 bits per heavy atom. The first kappa shape index (κ1) is 24.9. The number of hydrogen-bond donors (Lipinski definition) is 3. The number of amides is 1. The highest BCUT2D eigenvalue weighted by Crippen LogP contribution is 2.39. The molecule has 182 valence electrons. The van der Waals surface area contributed by atoms with Crippen LogP contribution in [0.1, 0.15) is 94.2 Å². The molecule has 0 fully saturated rings. The number of carbonyl (C=O) groups excluding carboxylic acids is 1. The summed E-state index contributed by atoms with van der Waals surface area (Å²) in [4.78, 5) is 12.9. The molecule has 0 bridgehead atoms. The van der Waals surface area contributed by atoms with E-state index in [1.165, 1.54) is 4.68 Å². The van der Waals surface area contributed by atoms with Gasteiger partial charge in [-0.3, -0.25) is 4.79 Å². The second-order valence-electron chi connectivity index (χ2n) is 10.5. The molecule has 0 radical (unpaired) electrons. The van der Waals surface area contributed by atoms with Gasteiger partial charge in [0.05, 0.1) is 11.9 Å². The molecule has 3 rings (SSSR count). The van der Waals surface area contributed by atoms with E-state index < -0.39 is 5.91 Å². The van der Waals surface area contributed by atoms with Crippen molar-refractivity contribution in [3.05, 3.63) is 40.2 Å². The topological polar surface area (TPSA) is 157 Å². The summed E-state index contributed by atoms with van der Waals surface area (Å²) in [6.07, 6.45) is 1.54. The largest absolute Gasteiger partial charge is 0.507 e. The molecular weight excluding hydrogens is 436 g/mol. The van der Waals surface area contributed by atoms with Crippen molar-refractivity contribution in [2.45, 2.75) is 72.1 Å². The van der Waals surface area contributed by atoms with Gasteiger partial charge in [0, 0.05) is 11.1 Å². The predicted molar refractivity (Wildman–Crippen MR) is 128 cm³/mol. The Bertz CT molecular complexity index is 1190. The molecule has 0 atom stereocenters. The number of aromatic hydroxyl groups is 1. The third-order valence-corrected chi connectivity index (χ3v) is 5.29. The minimum Gasteiger partial charge on any atom is -0.507 e. The fourth-order valence-electron chi connectivity index (χ4n) is 3.56. The summed E-state index contributed by atoms with van der Waals surface area (Å²) in [5, 5.41) is 30.3. The molecule has 2 aromatic heterocycles. The predicted octanol–water partition coefficient (Wildman–Crippen LogP) is 3.42. The van der Waals surface area contributed by atoms with Gasteiger partial charge in [0.15, 0.2) is 5.69 Å². The van der Waals surface area contributed by atoms with Gasteiger partial charge in [-0.15, -0.1) is 5.10 Å². The number of aromatic nitrogens is 5. The molecular formula is C23H32N8O3. The maximum Gasteiger partial charge on any atom is 0.293 e. The molecule has 0 saturated carbocycles. The van der Waals surface area contributed by atoms with E-state index in [0.717, 1.165) is 16.7 Å². The Morgan fingerprint density at radius 2 is 1.74 bits per heavy atom. The number of anilines is 1. The maximum absolute atomic E-state index is 12.9. The van der Waals surface area contributed by atoms with Crippen LogP contribution in [0.25, 0.3) is 5.82 Å². The Morgan fingerprint density at radius 1 is 1.15 bits per heavy atom. The van der Waals surface area contributed by atoms with Crippen molar-refractivity contribution in [2.75, 3.05) is 5.73 Å². The lowest BCUT2D eigenvalue weighted by molar-refractivity contribution is 0.0948. The van der Waals surface area contributed by atoms with Crippen molar-refractivity contribution >= 4 is 17.9 Å². The fourth-order valence-corrected chi connectivity index (χ4v) is 3.56. The van der Waals surface area contributed by atoms with Crippen LogP contribution in [-0.4, -0.2) is 42.5 Å². The molecule has 11 heteroatoms. The first-order valence-corrected chi connectivity index (χ1v) is 11.0. The van der Waals surface area contributed by atoms with E-state index in [1.807, 2.05) is 67.5 Å². The number of phenolic OH excluding ortho intramolecular Hbond substituents is 1. The van der Waals surface area contributed by atoms with Crippen LogP contribution in [0.15, 0.2) is 21.9 Å². The second kappa shape index (κ2) is 8.88. The molecule has 0 spiro atoms. The minimum atomic E-state index is -0.535. The van der Waals surface area contributed by atoms with Gasteiger partial charge in [0.1, 0.15) is 5.75 Å². The Kier molecular flexibility index (Phi) is 6.50. The number of benzene rings is 1. The molecule has 2 heterocycles. The third kappa shape index (κ3) is 4.92. The van der Waals surface area contributed by atoms with Crippen LogP contribution in [0.5, 0.6) is 5.75 Å². The second-order valence-corrected chi connectivity index (χ2v) is 10.5. The fraction of sp³-hybridized carbons (Fsp3) is 0.478. The summed E-state index contributed by atoms with van der Waals surface area (Å²) < 4.78 is 5.97. The molecule has 34 heavy (non-hydrogen) atoms. The van der Waals surface area contributed by atoms with Crippen molar-refractivity contribution in [3.8, 4) is 11.6 Å². The number of carbonyl (C=O) groups is 1. The Hall–Kier alpha value is -3.76. The van der Waals surface area contributed by atoms with E-state index in [1.54, 1.807) is 6.21 Å². The quantitative estimate of drug-likeness (QED) is 0.380. The molecule has 1 aromatic carbocycles. The van der Waals surface area contributed by atoms with Gasteiger partial charge in [0.2, 0.25) is 11.6 Å². The average Bonchev–Trinajstić information content (AvgIpc) is 3.33. The number of nitrogens with zero attached hydrogens (tertiary/aromatic N) is 6. The van der Waals surface area contributed by atoms with Gasteiger partial charge in [-0.2, -0.15) is 9.78 Å². The van der Waals surface area contributed by atoms with Crippen LogP contribution in [0, 0.1) is 0 Å². The number of nitrogen functional groups attached to an aromatic ring is 1. The highest BCUT2D eigenvalue weighted by atomic mass is 16.6. The minimum absolute atomic E-state index is 0.0356. The standard InChI is InChI=1S/C23H32N8O3/c1-12(2)17-16(26-30-31(17)20-19(24)28-34-29-20)21(33)27-25-11-13-9-14(22(3,4)5)18(32)15(10-13)23(6,7)8/h9-12,32H,1-8H3,(H2,24,28)(H,27,33)/b25-11+. The lowest BCUT2D eigenvalue weighted by Crippen LogP contribution is -2.21. The summed E-state index contributed by atoms with van der Waals surface area (Å²) in [6, 6.07) is 3.74. The monoisotopic (exact) mass is 468 g/mol. The molecule has 3 aromatic rings. The smallest absolute Gasteiger partial charge is 0.293 e. The zero-order chi connectivity index (χ0) is 25.4. The number of nitrogens with two attached hydrogens (primary N) is 1. The van der Waals surface area contributed by atoms with E-state index in [4.69, 9.17) is 5.73 Å². The maximum atomic E-state index is 12.9. The molecule has 0 saturated heterocycles. The lowest BCUT2D eigenvalue weighted by atomic mass is 9.78. The number of rotatable bonds is 5. The first-order chi connectivity index (χ1) is 15.7. The highest BCUT2D eigenvalue weighted by molar-refractivity contribution is 5.94. The summed E-state index contributed by atoms with van der Waals surface area (Å²) in [5.41, 5.74) is 10.7. The zero-order valence-corrected chi connectivity index (χ0v) is 20.8. The van der Waals surface area contributed by atoms with Crippen LogP contribution in [0.3, 0.4) is 0 Å². The van der Waals surface area contributed by atoms with Crippen LogP contribution >= 0.6 is 0 Å². The van der Waals surface area contributed by atoms with Crippen LogP contribution in [0.4, 0.5) is 5.82 Å². The molecule has 0 aliphatic heterocycles. The van der Waals surface area contributed by atoms with E-state index in [2.05, 4.69) is 35.8 Å². The SMILES string of the molecule is CC(C)c1c(C(=O)N/N=C/c2cc(C(C)(C)C)c(O)c(C(C)(C)C)c2)nnn1-c1nonc1N. The van der Waals surface area contributed by atoms with Crippen LogP contribution < -0.4 is 11.2 Å². The van der Waals surface area contributed by atoms with Crippen molar-refractivity contribution in [2.24, 2.45) is 5.10 Å². The Balaban J connectivity index is 1.91. The highest BCUT2D eigenvalue weighted by Gasteiger charge is 2.27. The van der Waals surface area contributed by atoms with Crippen molar-refractivity contribution in [1.29, 1.82) is 0 Å². The van der Waals surface area contributed by atoms with Gasteiger partial charge >= 0.3 is 0 Å². The normalized spacial score (nSPS) is 12.6. The first-order valence-electron chi connectivity index (χ1n) is 11.0. The van der Waals surface area contributed by atoms with Gasteiger partial charge in [-0.25, -0.2) is 10.1 Å². The summed E-state index contributed by atoms with van der Waals surface area (Å²) >= 11 is 0. The van der Waals surface area contributed by atoms with Crippen molar-refractivity contribution in [3.63, 3.8) is 0 Å². The molecule has 4 N–H and O–H groups in total. The summed E-state index contributed by atoms with van der Waals surface area (Å²) in [7, 11) is 0. The van der Waals surface area contributed by atoms with E-state index in [9.17, 15) is 9.90 Å². The third-order valence-electron chi connectivity index (χ3n) is 5.29. The zero-order valence-electron chi connectivity index (χ0n) is 20.8. The molecule has 0 unspecified atom stereocenters. The number of phenols is 1. The van der Waals surface area contributed by atoms with Crippen molar-refractivity contribution < 1.29 is 14.5 Å². The number of hydrazone groups is 1. The van der Waals surface area contributed by atoms with Gasteiger partial charge in [0.25, 0.3) is 5.91 Å². The number of hydrogen-bond acceptors (Lipinski definition) is 9. The van der Waals surface area contributed by atoms with E-state index in [0.29, 0.717) is 5.69 Å². The van der Waals surface area contributed by atoms with E-state index >= 15 is 0 Å². The van der Waals surface area contributed by atoms with Gasteiger partial charge < -0.3 is 10.8 Å². The van der Waals surface area contributed by atoms with Crippen LogP contribution in [-0.2, 0) is 10.8 Å². The number of nitrogens with one attached hydrogen (secondary N) is 1. The van der Waals surface area contributed by atoms with Gasteiger partial charge in [-0.1, -0.05) is 60.6 Å². The molecule has 0 aliphatic rings. The molecule has 11 nitrogen and oxygen atoms in total. The lowest BCUT2D eigenvalue weighted by Gasteiger charge is -2.27. The van der Waals surface area contributed by atoms with Crippen LogP contribution in [0.2, 0.25) is 0 Å². The molecule has 1 amide bonds.